The first-order valence-electron chi connectivity index (χ1n) is 10.8. The van der Waals surface area contributed by atoms with E-state index in [-0.39, 0.29) is 12.1 Å². The van der Waals surface area contributed by atoms with E-state index in [4.69, 9.17) is 4.98 Å². The summed E-state index contributed by atoms with van der Waals surface area (Å²) >= 11 is 0. The molecule has 8 heteroatoms. The Morgan fingerprint density at radius 3 is 2.74 bits per heavy atom. The van der Waals surface area contributed by atoms with Crippen molar-refractivity contribution >= 4 is 11.5 Å². The molecule has 31 heavy (non-hydrogen) atoms. The summed E-state index contributed by atoms with van der Waals surface area (Å²) in [5, 5.41) is 0. The highest BCUT2D eigenvalue weighted by Crippen LogP contribution is 2.44. The fraction of sp³-hybridized carbons (Fsp3) is 0.391. The van der Waals surface area contributed by atoms with Crippen molar-refractivity contribution in [3.05, 3.63) is 59.9 Å². The summed E-state index contributed by atoms with van der Waals surface area (Å²) in [4.78, 5) is 22.1. The SMILES string of the molecule is Fc1cc(N2CC(F)C2)cc(N2[C@@H]3CCC[C@H]2c2cnc(-c4ccccn4)nc2C3)n1. The van der Waals surface area contributed by atoms with E-state index in [0.717, 1.165) is 42.6 Å². The molecule has 2 atom stereocenters. The van der Waals surface area contributed by atoms with Crippen molar-refractivity contribution < 1.29 is 8.78 Å². The lowest BCUT2D eigenvalue weighted by Crippen LogP contribution is -2.49. The van der Waals surface area contributed by atoms with Gasteiger partial charge in [-0.1, -0.05) is 6.07 Å². The van der Waals surface area contributed by atoms with Crippen molar-refractivity contribution in [2.75, 3.05) is 22.9 Å². The van der Waals surface area contributed by atoms with Gasteiger partial charge in [-0.25, -0.2) is 19.3 Å². The molecule has 3 aliphatic rings. The predicted octanol–water partition coefficient (Wildman–Crippen LogP) is 3.89. The Labute approximate surface area is 179 Å². The lowest BCUT2D eigenvalue weighted by atomic mass is 9.82. The van der Waals surface area contributed by atoms with Gasteiger partial charge in [0.25, 0.3) is 0 Å². The number of hydrogen-bond acceptors (Lipinski definition) is 6. The zero-order valence-corrected chi connectivity index (χ0v) is 17.0. The minimum atomic E-state index is -0.841. The molecule has 0 amide bonds. The lowest BCUT2D eigenvalue weighted by Gasteiger charge is -2.47. The van der Waals surface area contributed by atoms with Crippen LogP contribution in [0.25, 0.3) is 11.5 Å². The normalized spacial score (nSPS) is 22.8. The van der Waals surface area contributed by atoms with Gasteiger partial charge in [0.05, 0.1) is 24.8 Å². The van der Waals surface area contributed by atoms with Gasteiger partial charge in [-0.2, -0.15) is 4.39 Å². The van der Waals surface area contributed by atoms with Crippen LogP contribution in [0.4, 0.5) is 20.3 Å². The third-order valence-electron chi connectivity index (χ3n) is 6.56. The van der Waals surface area contributed by atoms with Crippen LogP contribution in [0.1, 0.15) is 36.6 Å². The number of nitrogens with zero attached hydrogens (tertiary/aromatic N) is 6. The van der Waals surface area contributed by atoms with Crippen LogP contribution in [0.15, 0.2) is 42.7 Å². The number of halogens is 2. The van der Waals surface area contributed by atoms with Gasteiger partial charge in [0.2, 0.25) is 5.95 Å². The minimum absolute atomic E-state index is 0.0627. The van der Waals surface area contributed by atoms with Crippen LogP contribution in [-0.2, 0) is 6.42 Å². The second kappa shape index (κ2) is 7.21. The molecular weight excluding hydrogens is 398 g/mol. The van der Waals surface area contributed by atoms with Crippen molar-refractivity contribution in [2.24, 2.45) is 0 Å². The summed E-state index contributed by atoms with van der Waals surface area (Å²) in [7, 11) is 0. The molecule has 0 aliphatic carbocycles. The van der Waals surface area contributed by atoms with Gasteiger partial charge in [-0.3, -0.25) is 4.98 Å². The Balaban J connectivity index is 1.37. The number of rotatable bonds is 3. The van der Waals surface area contributed by atoms with Gasteiger partial charge in [0.1, 0.15) is 17.7 Å². The number of aromatic nitrogens is 4. The first-order valence-corrected chi connectivity index (χ1v) is 10.8. The van der Waals surface area contributed by atoms with E-state index in [1.807, 2.05) is 35.4 Å². The van der Waals surface area contributed by atoms with Crippen LogP contribution in [0.2, 0.25) is 0 Å². The first-order chi connectivity index (χ1) is 15.2. The van der Waals surface area contributed by atoms with E-state index in [0.29, 0.717) is 30.4 Å². The average Bonchev–Trinajstić information content (AvgIpc) is 2.76. The molecule has 2 saturated heterocycles. The largest absolute Gasteiger partial charge is 0.365 e. The maximum absolute atomic E-state index is 14.4. The average molecular weight is 420 g/mol. The second-order valence-electron chi connectivity index (χ2n) is 8.53. The summed E-state index contributed by atoms with van der Waals surface area (Å²) in [5.74, 6) is 0.725. The molecule has 0 spiro atoms. The van der Waals surface area contributed by atoms with E-state index < -0.39 is 12.1 Å². The monoisotopic (exact) mass is 420 g/mol. The summed E-state index contributed by atoms with van der Waals surface area (Å²) in [6.07, 6.45) is 6.61. The van der Waals surface area contributed by atoms with Gasteiger partial charge in [-0.15, -0.1) is 0 Å². The number of pyridine rings is 2. The zero-order valence-electron chi connectivity index (χ0n) is 17.0. The summed E-state index contributed by atoms with van der Waals surface area (Å²) in [5.41, 5.74) is 3.58. The quantitative estimate of drug-likeness (QED) is 0.600. The molecule has 158 valence electrons. The Bertz CT molecular complexity index is 1120. The minimum Gasteiger partial charge on any atom is -0.365 e. The Morgan fingerprint density at radius 2 is 1.94 bits per heavy atom. The molecule has 0 aromatic carbocycles. The van der Waals surface area contributed by atoms with Crippen molar-refractivity contribution in [3.63, 3.8) is 0 Å². The maximum Gasteiger partial charge on any atom is 0.216 e. The van der Waals surface area contributed by atoms with Gasteiger partial charge in [0.15, 0.2) is 5.82 Å². The van der Waals surface area contributed by atoms with Crippen LogP contribution in [0.3, 0.4) is 0 Å². The molecule has 2 bridgehead atoms. The van der Waals surface area contributed by atoms with Gasteiger partial charge in [-0.05, 0) is 31.4 Å². The lowest BCUT2D eigenvalue weighted by molar-refractivity contribution is 0.274. The molecule has 2 fully saturated rings. The fourth-order valence-electron chi connectivity index (χ4n) is 5.06. The predicted molar refractivity (Wildman–Crippen MR) is 113 cm³/mol. The fourth-order valence-corrected chi connectivity index (χ4v) is 5.06. The summed E-state index contributed by atoms with van der Waals surface area (Å²) < 4.78 is 27.8. The zero-order chi connectivity index (χ0) is 20.9. The number of piperidine rings is 1. The van der Waals surface area contributed by atoms with E-state index in [9.17, 15) is 8.78 Å². The maximum atomic E-state index is 14.4. The third kappa shape index (κ3) is 3.21. The number of anilines is 2. The van der Waals surface area contributed by atoms with Crippen LogP contribution in [-0.4, -0.2) is 45.2 Å². The molecular formula is C23H22F2N6. The Morgan fingerprint density at radius 1 is 1.03 bits per heavy atom. The molecule has 6 nitrogen and oxygen atoms in total. The van der Waals surface area contributed by atoms with Crippen molar-refractivity contribution in [3.8, 4) is 11.5 Å². The van der Waals surface area contributed by atoms with E-state index >= 15 is 0 Å². The van der Waals surface area contributed by atoms with E-state index in [1.54, 1.807) is 6.20 Å². The summed E-state index contributed by atoms with van der Waals surface area (Å²) in [6, 6.07) is 9.27. The van der Waals surface area contributed by atoms with Gasteiger partial charge >= 0.3 is 0 Å². The van der Waals surface area contributed by atoms with Gasteiger partial charge < -0.3 is 9.80 Å². The topological polar surface area (TPSA) is 58.0 Å². The number of alkyl halides is 1. The Hall–Kier alpha value is -3.16. The van der Waals surface area contributed by atoms with Crippen LogP contribution in [0.5, 0.6) is 0 Å². The summed E-state index contributed by atoms with van der Waals surface area (Å²) in [6.45, 7) is 0.617. The van der Waals surface area contributed by atoms with E-state index in [1.165, 1.54) is 6.07 Å². The van der Waals surface area contributed by atoms with Crippen molar-refractivity contribution in [1.29, 1.82) is 0 Å². The molecule has 3 aromatic heterocycles. The molecule has 3 aromatic rings. The number of fused-ring (bicyclic) bond motifs is 4. The van der Waals surface area contributed by atoms with Crippen LogP contribution >= 0.6 is 0 Å². The van der Waals surface area contributed by atoms with Crippen molar-refractivity contribution in [1.82, 2.24) is 19.9 Å². The van der Waals surface area contributed by atoms with Crippen molar-refractivity contribution in [2.45, 2.75) is 43.9 Å². The molecule has 0 unspecified atom stereocenters. The van der Waals surface area contributed by atoms with E-state index in [2.05, 4.69) is 19.9 Å². The van der Waals surface area contributed by atoms with Crippen LogP contribution < -0.4 is 9.80 Å². The molecule has 6 rings (SSSR count). The van der Waals surface area contributed by atoms with Gasteiger partial charge in [0, 0.05) is 48.2 Å². The standard InChI is InChI=1S/C23H22F2N6/c24-14-12-30(13-14)16-9-21(25)29-22(10-16)31-15-4-3-6-20(31)17-11-27-23(28-19(17)8-15)18-5-1-2-7-26-18/h1-2,5,7,9-11,14-15,20H,3-4,6,8,12-13H2/t15-,20+/m1/s1. The first kappa shape index (κ1) is 18.6. The smallest absolute Gasteiger partial charge is 0.216 e. The van der Waals surface area contributed by atoms with Crippen LogP contribution in [0, 0.1) is 5.95 Å². The number of hydrogen-bond donors (Lipinski definition) is 0. The molecule has 6 heterocycles. The highest BCUT2D eigenvalue weighted by atomic mass is 19.1. The molecule has 0 saturated carbocycles. The highest BCUT2D eigenvalue weighted by molar-refractivity contribution is 5.60. The second-order valence-corrected chi connectivity index (χ2v) is 8.53. The molecule has 0 N–H and O–H groups in total. The third-order valence-corrected chi connectivity index (χ3v) is 6.56. The molecule has 0 radical (unpaired) electrons. The molecule has 3 aliphatic heterocycles. The highest BCUT2D eigenvalue weighted by Gasteiger charge is 2.40. The Kier molecular flexibility index (Phi) is 4.33.